The predicted molar refractivity (Wildman–Crippen MR) is 120 cm³/mol. The Morgan fingerprint density at radius 3 is 2.67 bits per heavy atom. The summed E-state index contributed by atoms with van der Waals surface area (Å²) in [5.74, 6) is 0.570. The third-order valence-corrected chi connectivity index (χ3v) is 5.90. The normalized spacial score (nSPS) is 21.2. The zero-order chi connectivity index (χ0) is 25.5. The van der Waals surface area contributed by atoms with Crippen molar-refractivity contribution in [2.24, 2.45) is 4.99 Å². The summed E-state index contributed by atoms with van der Waals surface area (Å²) in [6, 6.07) is 12.6. The smallest absolute Gasteiger partial charge is 0.416 e. The summed E-state index contributed by atoms with van der Waals surface area (Å²) < 4.78 is 52.9. The summed E-state index contributed by atoms with van der Waals surface area (Å²) >= 11 is 0. The van der Waals surface area contributed by atoms with Crippen LogP contribution in [0.1, 0.15) is 23.7 Å². The van der Waals surface area contributed by atoms with Crippen molar-refractivity contribution in [2.45, 2.75) is 31.3 Å². The highest BCUT2D eigenvalue weighted by atomic mass is 19.4. The van der Waals surface area contributed by atoms with E-state index in [4.69, 9.17) is 9.47 Å². The molecule has 2 atom stereocenters. The Morgan fingerprint density at radius 2 is 1.97 bits per heavy atom. The maximum atomic E-state index is 13.3. The molecule has 2 aliphatic heterocycles. The second-order valence-electron chi connectivity index (χ2n) is 8.88. The third-order valence-electron chi connectivity index (χ3n) is 5.90. The fourth-order valence-electron chi connectivity index (χ4n) is 4.18. The number of nitro groups is 1. The predicted octanol–water partition coefficient (Wildman–Crippen LogP) is 3.32. The van der Waals surface area contributed by atoms with Crippen LogP contribution in [0.15, 0.2) is 59.7 Å². The van der Waals surface area contributed by atoms with Gasteiger partial charge in [0.25, 0.3) is 6.02 Å². The minimum absolute atomic E-state index is 0.000180. The molecule has 10 nitrogen and oxygen atoms in total. The molecule has 188 valence electrons. The summed E-state index contributed by atoms with van der Waals surface area (Å²) in [4.78, 5) is 16.2. The van der Waals surface area contributed by atoms with E-state index in [1.54, 1.807) is 41.4 Å². The average Bonchev–Trinajstić information content (AvgIpc) is 3.52. The first-order valence-corrected chi connectivity index (χ1v) is 11.0. The second kappa shape index (κ2) is 8.81. The molecule has 2 aliphatic rings. The number of aromatic nitrogens is 3. The topological polar surface area (TPSA) is 108 Å². The number of benzene rings is 2. The van der Waals surface area contributed by atoms with Crippen LogP contribution in [0.2, 0.25) is 0 Å². The van der Waals surface area contributed by atoms with Crippen molar-refractivity contribution < 1.29 is 27.6 Å². The Balaban J connectivity index is 1.20. The molecule has 0 bridgehead atoms. The molecule has 1 unspecified atom stereocenters. The van der Waals surface area contributed by atoms with Crippen LogP contribution in [0.4, 0.5) is 13.2 Å². The molecule has 5 rings (SSSR count). The van der Waals surface area contributed by atoms with Crippen LogP contribution in [-0.4, -0.2) is 62.3 Å². The van der Waals surface area contributed by atoms with Crippen LogP contribution in [-0.2, 0) is 17.3 Å². The van der Waals surface area contributed by atoms with E-state index >= 15 is 0 Å². The quantitative estimate of drug-likeness (QED) is 0.360. The molecule has 1 aromatic heterocycles. The standard InChI is InChI=1S/C23H21F3N6O4/c1-22(13-30-12-20(32(33)34)27-21(30)36-22)14-35-18-8-6-17(7-9-18)31-11-16(28-29-31)10-15-4-2-3-5-19(15)23(24,25)26/h2-9,11,20H,10,12-14H2,1H3/t20?,22-/m1/s1. The number of ether oxygens (including phenoxy) is 2. The van der Waals surface area contributed by atoms with Gasteiger partial charge in [0.2, 0.25) is 0 Å². The molecule has 2 aromatic carbocycles. The van der Waals surface area contributed by atoms with Gasteiger partial charge in [-0.05, 0) is 42.8 Å². The van der Waals surface area contributed by atoms with Crippen molar-refractivity contribution in [3.05, 3.63) is 81.7 Å². The van der Waals surface area contributed by atoms with Gasteiger partial charge in [-0.15, -0.1) is 5.10 Å². The molecule has 13 heteroatoms. The van der Waals surface area contributed by atoms with Gasteiger partial charge < -0.3 is 14.4 Å². The molecule has 3 aromatic rings. The Labute approximate surface area is 203 Å². The van der Waals surface area contributed by atoms with E-state index in [0.29, 0.717) is 23.7 Å². The molecule has 0 radical (unpaired) electrons. The van der Waals surface area contributed by atoms with Gasteiger partial charge in [0.15, 0.2) is 5.60 Å². The van der Waals surface area contributed by atoms with E-state index in [2.05, 4.69) is 15.3 Å². The summed E-state index contributed by atoms with van der Waals surface area (Å²) in [5, 5.41) is 19.0. The van der Waals surface area contributed by atoms with Gasteiger partial charge in [0.05, 0.1) is 29.7 Å². The van der Waals surface area contributed by atoms with Crippen molar-refractivity contribution in [2.75, 3.05) is 19.7 Å². The first kappa shape index (κ1) is 23.6. The minimum atomic E-state index is -4.44. The molecule has 0 spiro atoms. The number of nitrogens with zero attached hydrogens (tertiary/aromatic N) is 6. The van der Waals surface area contributed by atoms with Crippen LogP contribution < -0.4 is 4.74 Å². The second-order valence-corrected chi connectivity index (χ2v) is 8.88. The number of hydrogen-bond donors (Lipinski definition) is 0. The number of hydrogen-bond acceptors (Lipinski definition) is 8. The van der Waals surface area contributed by atoms with Gasteiger partial charge in [-0.25, -0.2) is 4.68 Å². The Morgan fingerprint density at radius 1 is 1.22 bits per heavy atom. The maximum Gasteiger partial charge on any atom is 0.416 e. The van der Waals surface area contributed by atoms with Gasteiger partial charge in [-0.2, -0.15) is 18.2 Å². The van der Waals surface area contributed by atoms with Gasteiger partial charge in [-0.3, -0.25) is 10.1 Å². The summed E-state index contributed by atoms with van der Waals surface area (Å²) in [5.41, 5.74) is -0.197. The van der Waals surface area contributed by atoms with Crippen LogP contribution >= 0.6 is 0 Å². The van der Waals surface area contributed by atoms with Crippen molar-refractivity contribution in [1.29, 1.82) is 0 Å². The fraction of sp³-hybridized carbons (Fsp3) is 0.348. The van der Waals surface area contributed by atoms with E-state index in [9.17, 15) is 23.3 Å². The summed E-state index contributed by atoms with van der Waals surface area (Å²) in [7, 11) is 0. The molecule has 36 heavy (non-hydrogen) atoms. The monoisotopic (exact) mass is 502 g/mol. The Bertz CT molecular complexity index is 1310. The SMILES string of the molecule is C[C@]1(COc2ccc(-n3cc(Cc4ccccc4C(F)(F)F)nn3)cc2)CN2CC([N+](=O)[O-])N=C2O1. The van der Waals surface area contributed by atoms with E-state index in [1.165, 1.54) is 16.8 Å². The summed E-state index contributed by atoms with van der Waals surface area (Å²) in [6.45, 7) is 2.65. The number of rotatable bonds is 7. The first-order chi connectivity index (χ1) is 17.1. The van der Waals surface area contributed by atoms with Crippen LogP contribution in [0, 0.1) is 10.1 Å². The van der Waals surface area contributed by atoms with Crippen molar-refractivity contribution in [1.82, 2.24) is 19.9 Å². The van der Waals surface area contributed by atoms with Crippen molar-refractivity contribution >= 4 is 6.02 Å². The minimum Gasteiger partial charge on any atom is -0.489 e. The average molecular weight is 502 g/mol. The molecule has 1 saturated heterocycles. The highest BCUT2D eigenvalue weighted by molar-refractivity contribution is 5.78. The molecule has 0 saturated carbocycles. The van der Waals surface area contributed by atoms with E-state index in [1.807, 2.05) is 6.92 Å². The highest BCUT2D eigenvalue weighted by Gasteiger charge is 2.47. The lowest BCUT2D eigenvalue weighted by molar-refractivity contribution is -0.518. The molecule has 3 heterocycles. The van der Waals surface area contributed by atoms with Crippen LogP contribution in [0.25, 0.3) is 5.69 Å². The molecular formula is C23H21F3N6O4. The number of halogens is 3. The molecular weight excluding hydrogens is 481 g/mol. The number of amidine groups is 1. The van der Waals surface area contributed by atoms with Crippen LogP contribution in [0.3, 0.4) is 0 Å². The zero-order valence-corrected chi connectivity index (χ0v) is 19.1. The lowest BCUT2D eigenvalue weighted by Gasteiger charge is -2.23. The fourth-order valence-corrected chi connectivity index (χ4v) is 4.18. The lowest BCUT2D eigenvalue weighted by atomic mass is 10.0. The Kier molecular flexibility index (Phi) is 5.77. The summed E-state index contributed by atoms with van der Waals surface area (Å²) in [6.07, 6.45) is -3.86. The molecule has 0 N–H and O–H groups in total. The Hall–Kier alpha value is -4.16. The first-order valence-electron chi connectivity index (χ1n) is 11.0. The van der Waals surface area contributed by atoms with E-state index in [-0.39, 0.29) is 31.2 Å². The van der Waals surface area contributed by atoms with Crippen LogP contribution in [0.5, 0.6) is 5.75 Å². The van der Waals surface area contributed by atoms with E-state index < -0.39 is 28.4 Å². The van der Waals surface area contributed by atoms with Gasteiger partial charge in [0.1, 0.15) is 18.9 Å². The van der Waals surface area contributed by atoms with Gasteiger partial charge in [-0.1, -0.05) is 23.4 Å². The largest absolute Gasteiger partial charge is 0.489 e. The maximum absolute atomic E-state index is 13.3. The third kappa shape index (κ3) is 4.81. The number of fused-ring (bicyclic) bond motifs is 1. The van der Waals surface area contributed by atoms with Crippen molar-refractivity contribution in [3.63, 3.8) is 0 Å². The molecule has 0 amide bonds. The highest BCUT2D eigenvalue weighted by Crippen LogP contribution is 2.33. The lowest BCUT2D eigenvalue weighted by Crippen LogP contribution is -2.39. The van der Waals surface area contributed by atoms with Crippen molar-refractivity contribution in [3.8, 4) is 11.4 Å². The molecule has 1 fully saturated rings. The molecule has 0 aliphatic carbocycles. The van der Waals surface area contributed by atoms with E-state index in [0.717, 1.165) is 6.07 Å². The zero-order valence-electron chi connectivity index (χ0n) is 19.1. The number of aliphatic imine (C=N–C) groups is 1. The van der Waals surface area contributed by atoms with Gasteiger partial charge >= 0.3 is 12.3 Å². The van der Waals surface area contributed by atoms with Gasteiger partial charge in [0, 0.05) is 11.3 Å². The number of alkyl halides is 3.